The molecule has 3 amide bonds. The van der Waals surface area contributed by atoms with Crippen molar-refractivity contribution in [2.75, 3.05) is 32.7 Å². The van der Waals surface area contributed by atoms with Gasteiger partial charge >= 0.3 is 0 Å². The summed E-state index contributed by atoms with van der Waals surface area (Å²) < 4.78 is 16.2. The SMILES string of the molecule is CCCCOc1ccc(/C=C2\SC(=O)N(CC(=O)Nc3ccc(OC)c(Cl)c3)C2=O)cc1OC. The second kappa shape index (κ2) is 11.8. The Balaban J connectivity index is 1.67. The fourth-order valence-corrected chi connectivity index (χ4v) is 4.19. The second-order valence-corrected chi connectivity index (χ2v) is 8.68. The van der Waals surface area contributed by atoms with Crippen LogP contribution in [0.2, 0.25) is 5.02 Å². The molecule has 10 heteroatoms. The van der Waals surface area contributed by atoms with E-state index in [1.165, 1.54) is 20.3 Å². The van der Waals surface area contributed by atoms with Crippen LogP contribution in [0.3, 0.4) is 0 Å². The number of amides is 3. The van der Waals surface area contributed by atoms with Crippen molar-refractivity contribution in [2.45, 2.75) is 19.8 Å². The molecule has 0 saturated carbocycles. The standard InChI is InChI=1S/C24H25ClN2O6S/c1-4-5-10-33-19-8-6-15(11-20(19)32-3)12-21-23(29)27(24(30)34-21)14-22(28)26-16-7-9-18(31-2)17(25)13-16/h6-9,11-13H,4-5,10,14H2,1-3H3,(H,26,28)/b21-12-. The van der Waals surface area contributed by atoms with E-state index >= 15 is 0 Å². The molecule has 0 radical (unpaired) electrons. The van der Waals surface area contributed by atoms with Gasteiger partial charge in [-0.1, -0.05) is 31.0 Å². The van der Waals surface area contributed by atoms with E-state index in [2.05, 4.69) is 12.2 Å². The highest BCUT2D eigenvalue weighted by atomic mass is 35.5. The third kappa shape index (κ3) is 6.24. The molecule has 1 aliphatic rings. The zero-order valence-corrected chi connectivity index (χ0v) is 20.6. The highest BCUT2D eigenvalue weighted by Crippen LogP contribution is 2.35. The Morgan fingerprint density at radius 3 is 2.50 bits per heavy atom. The molecule has 1 saturated heterocycles. The summed E-state index contributed by atoms with van der Waals surface area (Å²) in [5, 5.41) is 2.43. The fraction of sp³-hybridized carbons (Fsp3) is 0.292. The van der Waals surface area contributed by atoms with Crippen LogP contribution >= 0.6 is 23.4 Å². The Labute approximate surface area is 207 Å². The van der Waals surface area contributed by atoms with Crippen LogP contribution in [-0.4, -0.2) is 49.3 Å². The van der Waals surface area contributed by atoms with Gasteiger partial charge in [0.1, 0.15) is 12.3 Å². The average Bonchev–Trinajstić information content (AvgIpc) is 3.07. The van der Waals surface area contributed by atoms with Crippen LogP contribution in [0, 0.1) is 0 Å². The molecule has 1 aliphatic heterocycles. The smallest absolute Gasteiger partial charge is 0.294 e. The first kappa shape index (κ1) is 25.5. The molecule has 0 aliphatic carbocycles. The maximum Gasteiger partial charge on any atom is 0.294 e. The summed E-state index contributed by atoms with van der Waals surface area (Å²) in [6.07, 6.45) is 3.53. The summed E-state index contributed by atoms with van der Waals surface area (Å²) in [6.45, 7) is 2.24. The van der Waals surface area contributed by atoms with E-state index in [9.17, 15) is 14.4 Å². The van der Waals surface area contributed by atoms with Gasteiger partial charge in [0.05, 0.1) is 30.8 Å². The number of methoxy groups -OCH3 is 2. The topological polar surface area (TPSA) is 94.2 Å². The lowest BCUT2D eigenvalue weighted by Crippen LogP contribution is -2.36. The van der Waals surface area contributed by atoms with E-state index in [0.717, 1.165) is 29.5 Å². The number of ether oxygens (including phenoxy) is 3. The monoisotopic (exact) mass is 504 g/mol. The minimum Gasteiger partial charge on any atom is -0.495 e. The number of hydrogen-bond acceptors (Lipinski definition) is 7. The minimum absolute atomic E-state index is 0.215. The maximum atomic E-state index is 12.8. The maximum absolute atomic E-state index is 12.8. The third-order valence-electron chi connectivity index (χ3n) is 4.85. The lowest BCUT2D eigenvalue weighted by atomic mass is 10.2. The zero-order valence-electron chi connectivity index (χ0n) is 19.1. The number of anilines is 1. The highest BCUT2D eigenvalue weighted by molar-refractivity contribution is 8.18. The Kier molecular flexibility index (Phi) is 8.84. The molecule has 34 heavy (non-hydrogen) atoms. The number of halogens is 1. The van der Waals surface area contributed by atoms with E-state index < -0.39 is 23.6 Å². The number of benzene rings is 2. The number of nitrogens with one attached hydrogen (secondary N) is 1. The van der Waals surface area contributed by atoms with Gasteiger partial charge < -0.3 is 19.5 Å². The molecule has 0 atom stereocenters. The van der Waals surface area contributed by atoms with Crippen LogP contribution < -0.4 is 19.5 Å². The molecule has 2 aromatic rings. The van der Waals surface area contributed by atoms with Crippen molar-refractivity contribution in [1.82, 2.24) is 4.90 Å². The van der Waals surface area contributed by atoms with Crippen molar-refractivity contribution < 1.29 is 28.6 Å². The van der Waals surface area contributed by atoms with Crippen LogP contribution in [0.15, 0.2) is 41.3 Å². The van der Waals surface area contributed by atoms with Crippen LogP contribution in [0.5, 0.6) is 17.2 Å². The van der Waals surface area contributed by atoms with E-state index in [0.29, 0.717) is 40.1 Å². The number of nitrogens with zero attached hydrogens (tertiary/aromatic N) is 1. The Hall–Kier alpha value is -3.17. The number of carbonyl (C=O) groups is 3. The normalized spacial score (nSPS) is 14.5. The van der Waals surface area contributed by atoms with Gasteiger partial charge in [0.2, 0.25) is 5.91 Å². The predicted octanol–water partition coefficient (Wildman–Crippen LogP) is 5.21. The van der Waals surface area contributed by atoms with Crippen molar-refractivity contribution >= 4 is 52.2 Å². The largest absolute Gasteiger partial charge is 0.495 e. The molecular weight excluding hydrogens is 480 g/mol. The molecule has 180 valence electrons. The molecule has 0 bridgehead atoms. The molecule has 0 unspecified atom stereocenters. The molecule has 1 heterocycles. The first-order valence-electron chi connectivity index (χ1n) is 10.6. The van der Waals surface area contributed by atoms with E-state index in [4.69, 9.17) is 25.8 Å². The van der Waals surface area contributed by atoms with E-state index in [1.54, 1.807) is 36.4 Å². The van der Waals surface area contributed by atoms with Crippen molar-refractivity contribution in [1.29, 1.82) is 0 Å². The first-order valence-corrected chi connectivity index (χ1v) is 11.7. The van der Waals surface area contributed by atoms with Crippen molar-refractivity contribution in [2.24, 2.45) is 0 Å². The summed E-state index contributed by atoms with van der Waals surface area (Å²) in [5.41, 5.74) is 1.09. The van der Waals surface area contributed by atoms with Crippen LogP contribution in [0.1, 0.15) is 25.3 Å². The van der Waals surface area contributed by atoms with Crippen molar-refractivity contribution in [3.8, 4) is 17.2 Å². The number of thioether (sulfide) groups is 1. The Morgan fingerprint density at radius 2 is 1.82 bits per heavy atom. The average molecular weight is 505 g/mol. The van der Waals surface area contributed by atoms with Gasteiger partial charge in [-0.25, -0.2) is 0 Å². The van der Waals surface area contributed by atoms with E-state index in [1.807, 2.05) is 0 Å². The summed E-state index contributed by atoms with van der Waals surface area (Å²) >= 11 is 6.84. The summed E-state index contributed by atoms with van der Waals surface area (Å²) in [5.74, 6) is 0.534. The van der Waals surface area contributed by atoms with Crippen LogP contribution in [0.4, 0.5) is 10.5 Å². The van der Waals surface area contributed by atoms with Crippen LogP contribution in [0.25, 0.3) is 6.08 Å². The van der Waals surface area contributed by atoms with Crippen LogP contribution in [-0.2, 0) is 9.59 Å². The zero-order chi connectivity index (χ0) is 24.7. The molecule has 2 aromatic carbocycles. The van der Waals surface area contributed by atoms with Gasteiger partial charge in [0.25, 0.3) is 11.1 Å². The fourth-order valence-electron chi connectivity index (χ4n) is 3.10. The van der Waals surface area contributed by atoms with E-state index in [-0.39, 0.29) is 4.91 Å². The summed E-state index contributed by atoms with van der Waals surface area (Å²) in [7, 11) is 3.02. The Morgan fingerprint density at radius 1 is 1.09 bits per heavy atom. The lowest BCUT2D eigenvalue weighted by Gasteiger charge is -2.13. The molecule has 1 N–H and O–H groups in total. The van der Waals surface area contributed by atoms with Gasteiger partial charge in [-0.15, -0.1) is 0 Å². The molecule has 8 nitrogen and oxygen atoms in total. The minimum atomic E-state index is -0.542. The number of carbonyl (C=O) groups excluding carboxylic acids is 3. The number of hydrogen-bond donors (Lipinski definition) is 1. The summed E-state index contributed by atoms with van der Waals surface area (Å²) in [4.78, 5) is 38.7. The van der Waals surface area contributed by atoms with Gasteiger partial charge in [0.15, 0.2) is 11.5 Å². The predicted molar refractivity (Wildman–Crippen MR) is 133 cm³/mol. The number of unbranched alkanes of at least 4 members (excludes halogenated alkanes) is 1. The van der Waals surface area contributed by atoms with Gasteiger partial charge in [0, 0.05) is 5.69 Å². The second-order valence-electron chi connectivity index (χ2n) is 7.28. The van der Waals surface area contributed by atoms with Gasteiger partial charge in [-0.3, -0.25) is 19.3 Å². The van der Waals surface area contributed by atoms with Crippen molar-refractivity contribution in [3.63, 3.8) is 0 Å². The molecule has 1 fully saturated rings. The first-order chi connectivity index (χ1) is 16.4. The molecule has 3 rings (SSSR count). The third-order valence-corrected chi connectivity index (χ3v) is 6.05. The van der Waals surface area contributed by atoms with Gasteiger partial charge in [-0.2, -0.15) is 0 Å². The number of imide groups is 1. The summed E-state index contributed by atoms with van der Waals surface area (Å²) in [6, 6.07) is 10.0. The highest BCUT2D eigenvalue weighted by Gasteiger charge is 2.36. The van der Waals surface area contributed by atoms with Crippen molar-refractivity contribution in [3.05, 3.63) is 51.9 Å². The molecule has 0 aromatic heterocycles. The lowest BCUT2D eigenvalue weighted by molar-refractivity contribution is -0.127. The quantitative estimate of drug-likeness (QED) is 0.350. The van der Waals surface area contributed by atoms with Gasteiger partial charge in [-0.05, 0) is 60.2 Å². The molecular formula is C24H25ClN2O6S. The molecule has 0 spiro atoms. The number of rotatable bonds is 10. The Bertz CT molecular complexity index is 1120.